The lowest BCUT2D eigenvalue weighted by Crippen LogP contribution is -2.29. The van der Waals surface area contributed by atoms with Crippen molar-refractivity contribution >= 4 is 11.7 Å². The average molecular weight is 260 g/mol. The summed E-state index contributed by atoms with van der Waals surface area (Å²) in [7, 11) is 1.22. The van der Waals surface area contributed by atoms with Crippen LogP contribution < -0.4 is 16.4 Å². The van der Waals surface area contributed by atoms with Gasteiger partial charge in [-0.25, -0.2) is 4.79 Å². The Morgan fingerprint density at radius 3 is 2.63 bits per heavy atom. The van der Waals surface area contributed by atoms with Crippen molar-refractivity contribution in [3.05, 3.63) is 41.7 Å². The van der Waals surface area contributed by atoms with Gasteiger partial charge in [0, 0.05) is 18.8 Å². The fourth-order valence-corrected chi connectivity index (χ4v) is 1.36. The first-order valence-electron chi connectivity index (χ1n) is 5.71. The van der Waals surface area contributed by atoms with E-state index < -0.39 is 5.97 Å². The Balaban J connectivity index is 3.03. The molecule has 0 amide bonds. The molecule has 0 aliphatic heterocycles. The van der Waals surface area contributed by atoms with Gasteiger partial charge < -0.3 is 21.1 Å². The molecule has 0 unspecified atom stereocenters. The van der Waals surface area contributed by atoms with Crippen LogP contribution in [0.2, 0.25) is 0 Å². The topological polar surface area (TPSA) is 100 Å². The number of carbonyl (C=O) groups is 1. The third-order valence-electron chi connectivity index (χ3n) is 2.24. The summed E-state index contributed by atoms with van der Waals surface area (Å²) in [4.78, 5) is 11.5. The predicted molar refractivity (Wildman–Crippen MR) is 71.8 cm³/mol. The van der Waals surface area contributed by atoms with Gasteiger partial charge in [-0.15, -0.1) is 0 Å². The van der Waals surface area contributed by atoms with Crippen molar-refractivity contribution in [2.45, 2.75) is 0 Å². The summed E-state index contributed by atoms with van der Waals surface area (Å²) >= 11 is 0. The Morgan fingerprint density at radius 1 is 1.42 bits per heavy atom. The molecule has 0 aliphatic carbocycles. The predicted octanol–water partition coefficient (Wildman–Crippen LogP) is 0.555. The number of carbonyl (C=O) groups excluding carboxylic acids is 1. The highest BCUT2D eigenvalue weighted by atomic mass is 16.5. The Kier molecular flexibility index (Phi) is 5.92. The highest BCUT2D eigenvalue weighted by molar-refractivity contribution is 5.94. The largest absolute Gasteiger partial charge is 0.465 e. The Hall–Kier alpha value is -2.52. The maximum Gasteiger partial charge on any atom is 0.352 e. The lowest BCUT2D eigenvalue weighted by molar-refractivity contribution is -0.135. The van der Waals surface area contributed by atoms with E-state index in [9.17, 15) is 4.79 Å². The number of rotatable bonds is 6. The SMILES string of the molecule is COC(=O)/C(C#N)=C(/NCCN)Nc1ccccc1. The van der Waals surface area contributed by atoms with Crippen molar-refractivity contribution in [1.29, 1.82) is 5.26 Å². The minimum absolute atomic E-state index is 0.125. The summed E-state index contributed by atoms with van der Waals surface area (Å²) in [5, 5.41) is 14.9. The lowest BCUT2D eigenvalue weighted by atomic mass is 10.2. The van der Waals surface area contributed by atoms with Crippen LogP contribution in [0.3, 0.4) is 0 Å². The van der Waals surface area contributed by atoms with Crippen LogP contribution in [0.15, 0.2) is 41.7 Å². The molecule has 0 aliphatic rings. The van der Waals surface area contributed by atoms with Gasteiger partial charge in [0.1, 0.15) is 11.9 Å². The summed E-state index contributed by atoms with van der Waals surface area (Å²) in [5.41, 5.74) is 6.03. The number of methoxy groups -OCH3 is 1. The summed E-state index contributed by atoms with van der Waals surface area (Å²) in [5.74, 6) is -0.420. The van der Waals surface area contributed by atoms with Crippen LogP contribution in [0, 0.1) is 11.3 Å². The average Bonchev–Trinajstić information content (AvgIpc) is 2.46. The summed E-state index contributed by atoms with van der Waals surface area (Å²) in [6, 6.07) is 11.0. The summed E-state index contributed by atoms with van der Waals surface area (Å²) in [6.07, 6.45) is 0. The van der Waals surface area contributed by atoms with Crippen LogP contribution in [0.5, 0.6) is 0 Å². The third-order valence-corrected chi connectivity index (χ3v) is 2.24. The first-order valence-corrected chi connectivity index (χ1v) is 5.71. The number of hydrogen-bond donors (Lipinski definition) is 3. The highest BCUT2D eigenvalue weighted by Gasteiger charge is 2.16. The van der Waals surface area contributed by atoms with Crippen LogP contribution in [-0.4, -0.2) is 26.2 Å². The molecule has 0 atom stereocenters. The molecule has 0 radical (unpaired) electrons. The van der Waals surface area contributed by atoms with Gasteiger partial charge in [-0.05, 0) is 12.1 Å². The van der Waals surface area contributed by atoms with E-state index in [0.29, 0.717) is 13.1 Å². The van der Waals surface area contributed by atoms with Gasteiger partial charge in [-0.1, -0.05) is 18.2 Å². The molecule has 0 saturated carbocycles. The first-order chi connectivity index (χ1) is 9.22. The second kappa shape index (κ2) is 7.74. The molecule has 100 valence electrons. The molecule has 0 aromatic heterocycles. The number of nitrogens with two attached hydrogens (primary N) is 1. The molecule has 1 aromatic rings. The number of anilines is 1. The number of hydrogen-bond acceptors (Lipinski definition) is 6. The van der Waals surface area contributed by atoms with Gasteiger partial charge in [0.2, 0.25) is 0 Å². The second-order valence-corrected chi connectivity index (χ2v) is 3.56. The van der Waals surface area contributed by atoms with E-state index in [1.807, 2.05) is 36.4 Å². The number of ether oxygens (including phenoxy) is 1. The zero-order valence-corrected chi connectivity index (χ0v) is 10.6. The maximum absolute atomic E-state index is 11.5. The third kappa shape index (κ3) is 4.33. The number of nitrogens with one attached hydrogen (secondary N) is 2. The fourth-order valence-electron chi connectivity index (χ4n) is 1.36. The Labute approximate surface area is 111 Å². The minimum Gasteiger partial charge on any atom is -0.465 e. The van der Waals surface area contributed by atoms with Crippen LogP contribution in [0.4, 0.5) is 5.69 Å². The normalized spacial score (nSPS) is 11.0. The lowest BCUT2D eigenvalue weighted by Gasteiger charge is -2.14. The molecule has 0 saturated heterocycles. The van der Waals surface area contributed by atoms with E-state index in [1.54, 1.807) is 0 Å². The van der Waals surface area contributed by atoms with Crippen LogP contribution >= 0.6 is 0 Å². The van der Waals surface area contributed by atoms with Gasteiger partial charge >= 0.3 is 5.97 Å². The number of nitrogens with zero attached hydrogens (tertiary/aromatic N) is 1. The van der Waals surface area contributed by atoms with Crippen molar-refractivity contribution in [2.75, 3.05) is 25.5 Å². The van der Waals surface area contributed by atoms with E-state index >= 15 is 0 Å². The number of nitriles is 1. The van der Waals surface area contributed by atoms with E-state index in [2.05, 4.69) is 15.4 Å². The van der Waals surface area contributed by atoms with Gasteiger partial charge in [-0.3, -0.25) is 0 Å². The molecular formula is C13H16N4O2. The van der Waals surface area contributed by atoms with E-state index in [1.165, 1.54) is 7.11 Å². The number of esters is 1. The zero-order valence-electron chi connectivity index (χ0n) is 10.6. The van der Waals surface area contributed by atoms with Crippen molar-refractivity contribution in [2.24, 2.45) is 5.73 Å². The van der Waals surface area contributed by atoms with Gasteiger partial charge in [0.15, 0.2) is 5.57 Å². The molecule has 0 bridgehead atoms. The highest BCUT2D eigenvalue weighted by Crippen LogP contribution is 2.11. The van der Waals surface area contributed by atoms with Gasteiger partial charge in [0.05, 0.1) is 7.11 Å². The van der Waals surface area contributed by atoms with Crippen LogP contribution in [0.1, 0.15) is 0 Å². The molecule has 4 N–H and O–H groups in total. The van der Waals surface area contributed by atoms with Crippen molar-refractivity contribution in [3.63, 3.8) is 0 Å². The van der Waals surface area contributed by atoms with Gasteiger partial charge in [0.25, 0.3) is 0 Å². The van der Waals surface area contributed by atoms with Crippen molar-refractivity contribution in [1.82, 2.24) is 5.32 Å². The molecule has 6 heteroatoms. The first kappa shape index (κ1) is 14.5. The quantitative estimate of drug-likeness (QED) is 0.392. The fraction of sp³-hybridized carbons (Fsp3) is 0.231. The molecule has 0 spiro atoms. The maximum atomic E-state index is 11.5. The Morgan fingerprint density at radius 2 is 2.11 bits per heavy atom. The van der Waals surface area contributed by atoms with E-state index in [0.717, 1.165) is 5.69 Å². The molecular weight excluding hydrogens is 244 g/mol. The van der Waals surface area contributed by atoms with Crippen LogP contribution in [0.25, 0.3) is 0 Å². The van der Waals surface area contributed by atoms with Crippen molar-refractivity contribution < 1.29 is 9.53 Å². The van der Waals surface area contributed by atoms with Crippen LogP contribution in [-0.2, 0) is 9.53 Å². The molecule has 0 fully saturated rings. The molecule has 0 heterocycles. The van der Waals surface area contributed by atoms with Gasteiger partial charge in [-0.2, -0.15) is 5.26 Å². The summed E-state index contributed by atoms with van der Waals surface area (Å²) in [6.45, 7) is 0.803. The smallest absolute Gasteiger partial charge is 0.352 e. The van der Waals surface area contributed by atoms with E-state index in [4.69, 9.17) is 11.0 Å². The zero-order chi connectivity index (χ0) is 14.1. The Bertz CT molecular complexity index is 491. The number of para-hydroxylation sites is 1. The van der Waals surface area contributed by atoms with Crippen molar-refractivity contribution in [3.8, 4) is 6.07 Å². The second-order valence-electron chi connectivity index (χ2n) is 3.56. The molecule has 1 rings (SSSR count). The number of benzene rings is 1. The molecule has 19 heavy (non-hydrogen) atoms. The summed E-state index contributed by atoms with van der Waals surface area (Å²) < 4.78 is 4.57. The molecule has 6 nitrogen and oxygen atoms in total. The standard InChI is InChI=1S/C13H16N4O2/c1-19-13(18)11(9-15)12(16-8-7-14)17-10-5-3-2-4-6-10/h2-6,16-17H,7-8,14H2,1H3/b12-11-. The molecule has 1 aromatic carbocycles. The van der Waals surface area contributed by atoms with E-state index in [-0.39, 0.29) is 11.4 Å². The minimum atomic E-state index is -0.703. The monoisotopic (exact) mass is 260 g/mol.